The van der Waals surface area contributed by atoms with Gasteiger partial charge in [0.25, 0.3) is 5.91 Å². The van der Waals surface area contributed by atoms with Crippen LogP contribution in [0.15, 0.2) is 14.5 Å². The highest BCUT2D eigenvalue weighted by Gasteiger charge is 2.42. The molecule has 180 valence electrons. The van der Waals surface area contributed by atoms with Crippen LogP contribution in [0.2, 0.25) is 0 Å². The molecule has 3 atom stereocenters. The molecule has 0 bridgehead atoms. The maximum Gasteiger partial charge on any atom is 0.303 e. The van der Waals surface area contributed by atoms with Crippen LogP contribution in [0.4, 0.5) is 0 Å². The van der Waals surface area contributed by atoms with Gasteiger partial charge in [-0.25, -0.2) is 22.0 Å². The van der Waals surface area contributed by atoms with E-state index in [1.54, 1.807) is 6.92 Å². The van der Waals surface area contributed by atoms with Gasteiger partial charge in [-0.05, 0) is 33.3 Å². The Morgan fingerprint density at radius 1 is 1.34 bits per heavy atom. The lowest BCUT2D eigenvalue weighted by Gasteiger charge is -2.36. The summed E-state index contributed by atoms with van der Waals surface area (Å²) in [5.74, 6) is -1.67. The van der Waals surface area contributed by atoms with Crippen LogP contribution in [0.3, 0.4) is 0 Å². The highest BCUT2D eigenvalue weighted by Crippen LogP contribution is 2.44. The molecule has 1 aromatic rings. The van der Waals surface area contributed by atoms with Crippen LogP contribution in [-0.2, 0) is 39.0 Å². The summed E-state index contributed by atoms with van der Waals surface area (Å²) in [5.41, 5.74) is 0.203. The van der Waals surface area contributed by atoms with Gasteiger partial charge in [0.2, 0.25) is 15.9 Å². The van der Waals surface area contributed by atoms with Crippen molar-refractivity contribution in [3.05, 3.63) is 11.6 Å². The second-order valence-electron chi connectivity index (χ2n) is 7.59. The summed E-state index contributed by atoms with van der Waals surface area (Å²) in [4.78, 5) is 39.0. The molecule has 0 aromatic carbocycles. The normalized spacial score (nSPS) is 20.7. The highest BCUT2D eigenvalue weighted by atomic mass is 32.3. The zero-order valence-electron chi connectivity index (χ0n) is 18.4. The molecule has 2 heterocycles. The van der Waals surface area contributed by atoms with E-state index in [1.807, 2.05) is 0 Å². The molecule has 1 aromatic heterocycles. The molecule has 2 N–H and O–H groups in total. The molecule has 0 aliphatic carbocycles. The molecular weight excluding hydrogens is 482 g/mol. The minimum absolute atomic E-state index is 0.0667. The van der Waals surface area contributed by atoms with Gasteiger partial charge in [-0.2, -0.15) is 0 Å². The zero-order chi connectivity index (χ0) is 24.6. The number of rotatable bonds is 7. The molecule has 0 radical (unpaired) electrons. The molecule has 0 saturated heterocycles. The number of primary sulfonamides is 1. The number of sulfone groups is 1. The van der Waals surface area contributed by atoms with E-state index < -0.39 is 55.0 Å². The summed E-state index contributed by atoms with van der Waals surface area (Å²) in [6.45, 7) is 5.61. The summed E-state index contributed by atoms with van der Waals surface area (Å²) in [6.07, 6.45) is -1.00. The molecule has 2 amide bonds. The second kappa shape index (κ2) is 9.45. The first-order valence-corrected chi connectivity index (χ1v) is 13.6. The van der Waals surface area contributed by atoms with Gasteiger partial charge in [0.05, 0.1) is 17.8 Å². The third kappa shape index (κ3) is 5.30. The van der Waals surface area contributed by atoms with Crippen molar-refractivity contribution in [2.24, 2.45) is 5.14 Å². The Morgan fingerprint density at radius 2 is 1.94 bits per heavy atom. The Bertz CT molecular complexity index is 1130. The molecular formula is C18H27N3O8S3. The van der Waals surface area contributed by atoms with Crippen molar-refractivity contribution in [1.29, 1.82) is 0 Å². The van der Waals surface area contributed by atoms with E-state index in [0.717, 1.165) is 4.90 Å². The number of hydrogen-bond donors (Lipinski definition) is 1. The van der Waals surface area contributed by atoms with Crippen molar-refractivity contribution in [2.75, 3.05) is 20.1 Å². The van der Waals surface area contributed by atoms with Crippen LogP contribution in [0.25, 0.3) is 0 Å². The first-order valence-electron chi connectivity index (χ1n) is 9.73. The molecule has 1 aliphatic heterocycles. The SMILES string of the molecule is CCN(C(=O)CN(C)C(=O)[C@H](C)OC(C)=O)[C@H]1C[C@H](C)S(=O)(=O)c2sc(S(N)(=O)=O)cc21. The predicted octanol–water partition coefficient (Wildman–Crippen LogP) is 0.261. The first-order chi connectivity index (χ1) is 14.6. The van der Waals surface area contributed by atoms with Gasteiger partial charge in [0, 0.05) is 26.1 Å². The van der Waals surface area contributed by atoms with E-state index in [-0.39, 0.29) is 33.5 Å². The number of nitrogens with two attached hydrogens (primary N) is 1. The van der Waals surface area contributed by atoms with E-state index in [1.165, 1.54) is 38.8 Å². The maximum absolute atomic E-state index is 13.1. The standard InChI is InChI=1S/C18H27N3O8S3/c1-6-21(15(23)9-20(5)17(24)11(3)29-12(4)22)14-7-10(2)31(25,26)18-13(14)8-16(30-18)32(19,27)28/h8,10-11,14H,6-7,9H2,1-5H3,(H2,19,27,28)/t10-,11-,14-/m0/s1. The third-order valence-corrected chi connectivity index (χ3v) is 10.5. The summed E-state index contributed by atoms with van der Waals surface area (Å²) in [7, 11) is -6.52. The summed E-state index contributed by atoms with van der Waals surface area (Å²) < 4.78 is 53.6. The van der Waals surface area contributed by atoms with Crippen molar-refractivity contribution in [2.45, 2.75) is 59.9 Å². The van der Waals surface area contributed by atoms with Crippen molar-refractivity contribution >= 4 is 49.0 Å². The maximum atomic E-state index is 13.1. The number of esters is 1. The Hall–Kier alpha value is -2.03. The fourth-order valence-electron chi connectivity index (χ4n) is 3.56. The third-order valence-electron chi connectivity index (χ3n) is 5.16. The van der Waals surface area contributed by atoms with Crippen molar-refractivity contribution in [1.82, 2.24) is 9.80 Å². The quantitative estimate of drug-likeness (QED) is 0.512. The molecule has 0 unspecified atom stereocenters. The van der Waals surface area contributed by atoms with Gasteiger partial charge >= 0.3 is 5.97 Å². The number of amides is 2. The minimum Gasteiger partial charge on any atom is -0.453 e. The van der Waals surface area contributed by atoms with Crippen LogP contribution in [0.5, 0.6) is 0 Å². The number of fused-ring (bicyclic) bond motifs is 1. The lowest BCUT2D eigenvalue weighted by Crippen LogP contribution is -2.47. The number of carbonyl (C=O) groups excluding carboxylic acids is 3. The van der Waals surface area contributed by atoms with Gasteiger partial charge in [0.15, 0.2) is 15.9 Å². The van der Waals surface area contributed by atoms with Gasteiger partial charge in [0.1, 0.15) is 8.42 Å². The Kier molecular flexibility index (Phi) is 7.75. The number of hydrogen-bond acceptors (Lipinski definition) is 9. The molecule has 0 saturated carbocycles. The van der Waals surface area contributed by atoms with Crippen LogP contribution in [0.1, 0.15) is 45.7 Å². The number of sulfonamides is 1. The molecule has 14 heteroatoms. The number of ether oxygens (including phenoxy) is 1. The van der Waals surface area contributed by atoms with Crippen LogP contribution >= 0.6 is 11.3 Å². The fourth-order valence-corrected chi connectivity index (χ4v) is 7.96. The second-order valence-corrected chi connectivity index (χ2v) is 13.0. The Morgan fingerprint density at radius 3 is 2.44 bits per heavy atom. The van der Waals surface area contributed by atoms with Crippen LogP contribution in [-0.4, -0.2) is 75.9 Å². The summed E-state index contributed by atoms with van der Waals surface area (Å²) in [5, 5.41) is 4.35. The molecule has 11 nitrogen and oxygen atoms in total. The average molecular weight is 510 g/mol. The molecule has 0 fully saturated rings. The van der Waals surface area contributed by atoms with E-state index in [0.29, 0.717) is 11.3 Å². The highest BCUT2D eigenvalue weighted by molar-refractivity contribution is 7.95. The monoisotopic (exact) mass is 509 g/mol. The zero-order valence-corrected chi connectivity index (χ0v) is 20.8. The summed E-state index contributed by atoms with van der Waals surface area (Å²) in [6, 6.07) is 0.499. The van der Waals surface area contributed by atoms with E-state index in [4.69, 9.17) is 9.88 Å². The molecule has 2 rings (SSSR count). The Labute approximate surface area is 191 Å². The van der Waals surface area contributed by atoms with Crippen LogP contribution in [0, 0.1) is 0 Å². The van der Waals surface area contributed by atoms with E-state index in [9.17, 15) is 31.2 Å². The lowest BCUT2D eigenvalue weighted by molar-refractivity contribution is -0.157. The number of carbonyl (C=O) groups is 3. The Balaban J connectivity index is 2.36. The topological polar surface area (TPSA) is 161 Å². The first kappa shape index (κ1) is 26.2. The van der Waals surface area contributed by atoms with Crippen LogP contribution < -0.4 is 5.14 Å². The molecule has 1 aliphatic rings. The van der Waals surface area contributed by atoms with Gasteiger partial charge in [-0.1, -0.05) is 0 Å². The largest absolute Gasteiger partial charge is 0.453 e. The van der Waals surface area contributed by atoms with E-state index in [2.05, 4.69) is 0 Å². The van der Waals surface area contributed by atoms with Gasteiger partial charge < -0.3 is 14.5 Å². The molecule has 32 heavy (non-hydrogen) atoms. The van der Waals surface area contributed by atoms with Gasteiger partial charge in [-0.3, -0.25) is 14.4 Å². The number of thiophene rings is 1. The van der Waals surface area contributed by atoms with Gasteiger partial charge in [-0.15, -0.1) is 11.3 Å². The summed E-state index contributed by atoms with van der Waals surface area (Å²) >= 11 is 0.573. The van der Waals surface area contributed by atoms with E-state index >= 15 is 0 Å². The van der Waals surface area contributed by atoms with Crippen molar-refractivity contribution in [3.63, 3.8) is 0 Å². The lowest BCUT2D eigenvalue weighted by atomic mass is 10.0. The van der Waals surface area contributed by atoms with Crippen molar-refractivity contribution in [3.8, 4) is 0 Å². The fraction of sp³-hybridized carbons (Fsp3) is 0.611. The van der Waals surface area contributed by atoms with Crippen molar-refractivity contribution < 1.29 is 36.0 Å². The minimum atomic E-state index is -4.13. The molecule has 0 spiro atoms. The smallest absolute Gasteiger partial charge is 0.303 e. The predicted molar refractivity (Wildman–Crippen MR) is 116 cm³/mol. The number of likely N-dealkylation sites (N-methyl/N-ethyl adjacent to an activating group) is 2. The average Bonchev–Trinajstić information content (AvgIpc) is 3.12. The number of nitrogens with zero attached hydrogens (tertiary/aromatic N) is 2.